The van der Waals surface area contributed by atoms with Crippen LogP contribution in [0.25, 0.3) is 20.7 Å². The number of H-pyrrole nitrogens is 1. The molecule has 108 valence electrons. The number of aromatic nitrogens is 4. The Kier molecular flexibility index (Phi) is 3.52. The molecule has 0 fully saturated rings. The third-order valence-corrected chi connectivity index (χ3v) is 4.48. The highest BCUT2D eigenvalue weighted by Gasteiger charge is 2.16. The van der Waals surface area contributed by atoms with Crippen molar-refractivity contribution in [3.05, 3.63) is 40.7 Å². The van der Waals surface area contributed by atoms with Crippen molar-refractivity contribution in [2.75, 3.05) is 0 Å². The van der Waals surface area contributed by atoms with Gasteiger partial charge in [0.1, 0.15) is 10.5 Å². The van der Waals surface area contributed by atoms with Gasteiger partial charge in [-0.1, -0.05) is 13.8 Å². The van der Waals surface area contributed by atoms with Gasteiger partial charge in [-0.15, -0.1) is 11.3 Å². The molecule has 0 saturated carbocycles. The van der Waals surface area contributed by atoms with Crippen LogP contribution in [0.15, 0.2) is 29.3 Å². The van der Waals surface area contributed by atoms with Crippen LogP contribution < -0.4 is 11.3 Å². The van der Waals surface area contributed by atoms with Crippen LogP contribution in [0, 0.1) is 5.92 Å². The first-order valence-corrected chi connectivity index (χ1v) is 7.44. The number of nitrogens with zero attached hydrogens (tertiary/aromatic N) is 3. The molecule has 3 aromatic heterocycles. The maximum atomic E-state index is 12.2. The summed E-state index contributed by atoms with van der Waals surface area (Å²) < 4.78 is 0.599. The Balaban J connectivity index is 2.14. The predicted molar refractivity (Wildman–Crippen MR) is 83.0 cm³/mol. The molecular formula is C14H15N5OS. The van der Waals surface area contributed by atoms with E-state index in [2.05, 4.69) is 20.2 Å². The molecule has 0 spiro atoms. The Morgan fingerprint density at radius 1 is 1.33 bits per heavy atom. The Morgan fingerprint density at radius 3 is 2.81 bits per heavy atom. The molecule has 0 radical (unpaired) electrons. The zero-order valence-corrected chi connectivity index (χ0v) is 12.5. The van der Waals surface area contributed by atoms with Gasteiger partial charge in [-0.2, -0.15) is 10.2 Å². The quantitative estimate of drug-likeness (QED) is 0.772. The SMILES string of the molecule is CC(C)[C@H](N)c1nc2cc(-c3ccnnc3)sc2c(=O)[nH]1. The zero-order chi connectivity index (χ0) is 15.0. The van der Waals surface area contributed by atoms with Crippen molar-refractivity contribution in [1.29, 1.82) is 0 Å². The van der Waals surface area contributed by atoms with E-state index >= 15 is 0 Å². The third kappa shape index (κ3) is 2.57. The van der Waals surface area contributed by atoms with Crippen LogP contribution in [0.1, 0.15) is 25.7 Å². The number of nitrogens with one attached hydrogen (secondary N) is 1. The summed E-state index contributed by atoms with van der Waals surface area (Å²) in [5, 5.41) is 7.61. The van der Waals surface area contributed by atoms with E-state index in [0.717, 1.165) is 10.4 Å². The van der Waals surface area contributed by atoms with Gasteiger partial charge in [0, 0.05) is 10.4 Å². The third-order valence-electron chi connectivity index (χ3n) is 3.30. The van der Waals surface area contributed by atoms with Gasteiger partial charge in [-0.3, -0.25) is 4.79 Å². The van der Waals surface area contributed by atoms with Gasteiger partial charge in [-0.05, 0) is 18.1 Å². The second kappa shape index (κ2) is 5.34. The average Bonchev–Trinajstić information content (AvgIpc) is 2.92. The van der Waals surface area contributed by atoms with Crippen LogP contribution >= 0.6 is 11.3 Å². The molecule has 3 rings (SSSR count). The van der Waals surface area contributed by atoms with E-state index in [4.69, 9.17) is 5.73 Å². The van der Waals surface area contributed by atoms with Crippen LogP contribution in [0.4, 0.5) is 0 Å². The van der Waals surface area contributed by atoms with E-state index < -0.39 is 0 Å². The summed E-state index contributed by atoms with van der Waals surface area (Å²) in [5.41, 5.74) is 7.51. The topological polar surface area (TPSA) is 97.5 Å². The lowest BCUT2D eigenvalue weighted by Crippen LogP contribution is -2.23. The fourth-order valence-electron chi connectivity index (χ4n) is 2.01. The van der Waals surface area contributed by atoms with Gasteiger partial charge < -0.3 is 10.7 Å². The van der Waals surface area contributed by atoms with Gasteiger partial charge in [0.25, 0.3) is 5.56 Å². The number of fused-ring (bicyclic) bond motifs is 1. The standard InChI is InChI=1S/C14H15N5OS/c1-7(2)11(15)13-18-9-5-10(8-3-4-16-17-6-8)21-12(9)14(20)19-13/h3-7,11H,15H2,1-2H3,(H,18,19,20)/t11-/m0/s1. The number of nitrogens with two attached hydrogens (primary N) is 1. The van der Waals surface area contributed by atoms with Gasteiger partial charge in [0.05, 0.1) is 24.0 Å². The van der Waals surface area contributed by atoms with E-state index in [1.54, 1.807) is 12.4 Å². The molecule has 0 aliphatic heterocycles. The number of hydrogen-bond donors (Lipinski definition) is 2. The van der Waals surface area contributed by atoms with Crippen LogP contribution in [0.2, 0.25) is 0 Å². The first-order chi connectivity index (χ1) is 10.1. The molecule has 6 nitrogen and oxygen atoms in total. The van der Waals surface area contributed by atoms with Crippen molar-refractivity contribution in [2.24, 2.45) is 11.7 Å². The molecule has 0 aliphatic carbocycles. The minimum atomic E-state index is -0.284. The van der Waals surface area contributed by atoms with Crippen molar-refractivity contribution in [3.8, 4) is 10.4 Å². The van der Waals surface area contributed by atoms with Crippen molar-refractivity contribution >= 4 is 21.6 Å². The van der Waals surface area contributed by atoms with E-state index in [9.17, 15) is 4.79 Å². The molecule has 7 heteroatoms. The molecule has 3 aromatic rings. The largest absolute Gasteiger partial charge is 0.321 e. The van der Waals surface area contributed by atoms with Gasteiger partial charge in [0.15, 0.2) is 0 Å². The van der Waals surface area contributed by atoms with Crippen molar-refractivity contribution in [3.63, 3.8) is 0 Å². The van der Waals surface area contributed by atoms with Crippen LogP contribution in [-0.2, 0) is 0 Å². The summed E-state index contributed by atoms with van der Waals surface area (Å²) in [6.07, 6.45) is 3.29. The highest BCUT2D eigenvalue weighted by molar-refractivity contribution is 7.22. The molecule has 0 saturated heterocycles. The minimum absolute atomic E-state index is 0.149. The number of thiophene rings is 1. The molecule has 21 heavy (non-hydrogen) atoms. The molecule has 3 N–H and O–H groups in total. The number of aromatic amines is 1. The first-order valence-electron chi connectivity index (χ1n) is 6.62. The molecule has 0 amide bonds. The highest BCUT2D eigenvalue weighted by Crippen LogP contribution is 2.30. The maximum Gasteiger partial charge on any atom is 0.268 e. The average molecular weight is 301 g/mol. The summed E-state index contributed by atoms with van der Waals surface area (Å²) in [5.74, 6) is 0.729. The molecule has 0 aromatic carbocycles. The molecule has 0 aliphatic rings. The summed E-state index contributed by atoms with van der Waals surface area (Å²) in [7, 11) is 0. The predicted octanol–water partition coefficient (Wildman–Crippen LogP) is 2.10. The smallest absolute Gasteiger partial charge is 0.268 e. The first kappa shape index (κ1) is 13.8. The lowest BCUT2D eigenvalue weighted by atomic mass is 10.1. The fraction of sp³-hybridized carbons (Fsp3) is 0.286. The number of rotatable bonds is 3. The monoisotopic (exact) mass is 301 g/mol. The molecule has 3 heterocycles. The summed E-state index contributed by atoms with van der Waals surface area (Å²) >= 11 is 1.39. The van der Waals surface area contributed by atoms with Crippen LogP contribution in [-0.4, -0.2) is 20.2 Å². The fourth-order valence-corrected chi connectivity index (χ4v) is 2.99. The summed E-state index contributed by atoms with van der Waals surface area (Å²) in [6.45, 7) is 3.99. The second-order valence-corrected chi connectivity index (χ2v) is 6.23. The van der Waals surface area contributed by atoms with Crippen LogP contribution in [0.5, 0.6) is 0 Å². The van der Waals surface area contributed by atoms with E-state index in [-0.39, 0.29) is 17.5 Å². The van der Waals surface area contributed by atoms with Crippen molar-refractivity contribution in [1.82, 2.24) is 20.2 Å². The van der Waals surface area contributed by atoms with Crippen LogP contribution in [0.3, 0.4) is 0 Å². The lowest BCUT2D eigenvalue weighted by molar-refractivity contribution is 0.491. The Bertz CT molecular complexity index is 824. The molecule has 0 bridgehead atoms. The Hall–Kier alpha value is -2.12. The summed E-state index contributed by atoms with van der Waals surface area (Å²) in [4.78, 5) is 20.4. The Morgan fingerprint density at radius 2 is 2.14 bits per heavy atom. The Labute approximate surface area is 125 Å². The molecule has 0 unspecified atom stereocenters. The number of hydrogen-bond acceptors (Lipinski definition) is 6. The van der Waals surface area contributed by atoms with E-state index in [1.165, 1.54) is 11.3 Å². The zero-order valence-electron chi connectivity index (χ0n) is 11.7. The molecule has 1 atom stereocenters. The summed E-state index contributed by atoms with van der Waals surface area (Å²) in [6, 6.07) is 3.46. The molecular weight excluding hydrogens is 286 g/mol. The van der Waals surface area contributed by atoms with Crippen molar-refractivity contribution < 1.29 is 0 Å². The van der Waals surface area contributed by atoms with Gasteiger partial charge in [-0.25, -0.2) is 4.98 Å². The van der Waals surface area contributed by atoms with Crippen molar-refractivity contribution in [2.45, 2.75) is 19.9 Å². The highest BCUT2D eigenvalue weighted by atomic mass is 32.1. The van der Waals surface area contributed by atoms with Gasteiger partial charge in [0.2, 0.25) is 0 Å². The second-order valence-electron chi connectivity index (χ2n) is 5.18. The van der Waals surface area contributed by atoms with E-state index in [0.29, 0.717) is 16.0 Å². The van der Waals surface area contributed by atoms with E-state index in [1.807, 2.05) is 26.0 Å². The maximum absolute atomic E-state index is 12.2. The van der Waals surface area contributed by atoms with Gasteiger partial charge >= 0.3 is 0 Å². The minimum Gasteiger partial charge on any atom is -0.321 e. The normalized spacial score (nSPS) is 13.0. The lowest BCUT2D eigenvalue weighted by Gasteiger charge is -2.13.